The molecule has 1 aromatic rings. The van der Waals surface area contributed by atoms with Gasteiger partial charge in [-0.15, -0.1) is 0 Å². The molecule has 1 fully saturated rings. The Bertz CT molecular complexity index is 456. The number of benzene rings is 1. The molecule has 1 saturated carbocycles. The Labute approximate surface area is 106 Å². The topological polar surface area (TPSA) is 66.9 Å². The van der Waals surface area contributed by atoms with Crippen LogP contribution in [0.5, 0.6) is 0 Å². The molecule has 94 valence electrons. The Morgan fingerprint density at radius 3 is 2.33 bits per heavy atom. The van der Waals surface area contributed by atoms with Crippen LogP contribution in [0.2, 0.25) is 0 Å². The van der Waals surface area contributed by atoms with Gasteiger partial charge in [0, 0.05) is 12.1 Å². The lowest BCUT2D eigenvalue weighted by Gasteiger charge is -2.25. The van der Waals surface area contributed by atoms with Crippen molar-refractivity contribution in [1.29, 1.82) is 5.26 Å². The molecular weight excluding hydrogens is 228 g/mol. The van der Waals surface area contributed by atoms with Gasteiger partial charge in [-0.3, -0.25) is 10.1 Å². The third-order valence-corrected chi connectivity index (χ3v) is 3.72. The van der Waals surface area contributed by atoms with Gasteiger partial charge >= 0.3 is 0 Å². The van der Waals surface area contributed by atoms with E-state index in [1.807, 2.05) is 0 Å². The standard InChI is InChI=1S/C14H16N2O2/c15-10-14(11-4-2-1-3-5-11)12-6-8-13(9-7-12)16(17)18/h6-9,11,14H,1-5H2. The van der Waals surface area contributed by atoms with Gasteiger partial charge in [0.2, 0.25) is 0 Å². The number of rotatable bonds is 3. The van der Waals surface area contributed by atoms with E-state index in [2.05, 4.69) is 6.07 Å². The van der Waals surface area contributed by atoms with E-state index in [1.165, 1.54) is 31.4 Å². The SMILES string of the molecule is N#CC(c1ccc([N+](=O)[O-])cc1)C1CCCCC1. The fourth-order valence-electron chi connectivity index (χ4n) is 2.72. The highest BCUT2D eigenvalue weighted by Gasteiger charge is 2.25. The van der Waals surface area contributed by atoms with Gasteiger partial charge in [0.25, 0.3) is 5.69 Å². The van der Waals surface area contributed by atoms with Crippen LogP contribution in [0.25, 0.3) is 0 Å². The smallest absolute Gasteiger partial charge is 0.258 e. The van der Waals surface area contributed by atoms with E-state index >= 15 is 0 Å². The first-order valence-electron chi connectivity index (χ1n) is 6.36. The summed E-state index contributed by atoms with van der Waals surface area (Å²) in [5, 5.41) is 19.9. The lowest BCUT2D eigenvalue weighted by molar-refractivity contribution is -0.384. The van der Waals surface area contributed by atoms with E-state index in [0.717, 1.165) is 18.4 Å². The Kier molecular flexibility index (Phi) is 3.93. The summed E-state index contributed by atoms with van der Waals surface area (Å²) in [5.74, 6) is 0.288. The molecule has 0 bridgehead atoms. The van der Waals surface area contributed by atoms with Crippen LogP contribution in [0.1, 0.15) is 43.6 Å². The molecule has 0 amide bonds. The largest absolute Gasteiger partial charge is 0.269 e. The fourth-order valence-corrected chi connectivity index (χ4v) is 2.72. The molecule has 0 aromatic heterocycles. The first-order valence-corrected chi connectivity index (χ1v) is 6.36. The van der Waals surface area contributed by atoms with Crippen LogP contribution in [0.4, 0.5) is 5.69 Å². The van der Waals surface area contributed by atoms with E-state index in [9.17, 15) is 15.4 Å². The van der Waals surface area contributed by atoms with E-state index < -0.39 is 4.92 Å². The third kappa shape index (κ3) is 2.67. The predicted molar refractivity (Wildman–Crippen MR) is 68.0 cm³/mol. The summed E-state index contributed by atoms with van der Waals surface area (Å²) in [6.07, 6.45) is 5.82. The minimum atomic E-state index is -0.411. The highest BCUT2D eigenvalue weighted by Crippen LogP contribution is 2.36. The monoisotopic (exact) mass is 244 g/mol. The molecule has 1 aromatic carbocycles. The summed E-state index contributed by atoms with van der Waals surface area (Å²) >= 11 is 0. The van der Waals surface area contributed by atoms with Gasteiger partial charge in [0.15, 0.2) is 0 Å². The van der Waals surface area contributed by atoms with Crippen molar-refractivity contribution in [1.82, 2.24) is 0 Å². The molecule has 0 aliphatic heterocycles. The first-order chi connectivity index (χ1) is 8.72. The van der Waals surface area contributed by atoms with Crippen LogP contribution in [0.3, 0.4) is 0 Å². The van der Waals surface area contributed by atoms with Crippen molar-refractivity contribution >= 4 is 5.69 Å². The summed E-state index contributed by atoms with van der Waals surface area (Å²) in [6.45, 7) is 0. The van der Waals surface area contributed by atoms with Gasteiger partial charge in [0.05, 0.1) is 16.9 Å². The summed E-state index contributed by atoms with van der Waals surface area (Å²) in [7, 11) is 0. The molecule has 1 unspecified atom stereocenters. The number of non-ortho nitro benzene ring substituents is 1. The third-order valence-electron chi connectivity index (χ3n) is 3.72. The van der Waals surface area contributed by atoms with Crippen molar-refractivity contribution in [3.63, 3.8) is 0 Å². The van der Waals surface area contributed by atoms with E-state index in [0.29, 0.717) is 5.92 Å². The zero-order valence-corrected chi connectivity index (χ0v) is 10.2. The van der Waals surface area contributed by atoms with Gasteiger partial charge in [-0.25, -0.2) is 0 Å². The number of nitriles is 1. The van der Waals surface area contributed by atoms with Crippen LogP contribution in [0.15, 0.2) is 24.3 Å². The molecular formula is C14H16N2O2. The summed E-state index contributed by atoms with van der Waals surface area (Å²) in [4.78, 5) is 10.2. The van der Waals surface area contributed by atoms with Crippen molar-refractivity contribution in [2.75, 3.05) is 0 Å². The molecule has 0 spiro atoms. The lowest BCUT2D eigenvalue weighted by atomic mass is 9.77. The minimum Gasteiger partial charge on any atom is -0.258 e. The van der Waals surface area contributed by atoms with Gasteiger partial charge in [-0.2, -0.15) is 5.26 Å². The molecule has 18 heavy (non-hydrogen) atoms. The van der Waals surface area contributed by atoms with Crippen LogP contribution in [-0.2, 0) is 0 Å². The summed E-state index contributed by atoms with van der Waals surface area (Å²) in [6, 6.07) is 8.79. The highest BCUT2D eigenvalue weighted by atomic mass is 16.6. The summed E-state index contributed by atoms with van der Waals surface area (Å²) in [5.41, 5.74) is 0.995. The molecule has 4 heteroatoms. The van der Waals surface area contributed by atoms with Crippen LogP contribution < -0.4 is 0 Å². The van der Waals surface area contributed by atoms with Crippen LogP contribution in [-0.4, -0.2) is 4.92 Å². The maximum absolute atomic E-state index is 10.6. The molecule has 0 N–H and O–H groups in total. The number of hydrogen-bond acceptors (Lipinski definition) is 3. The number of nitro groups is 1. The average molecular weight is 244 g/mol. The normalized spacial score (nSPS) is 17.9. The van der Waals surface area contributed by atoms with Crippen molar-refractivity contribution in [3.8, 4) is 6.07 Å². The Morgan fingerprint density at radius 1 is 1.22 bits per heavy atom. The molecule has 0 heterocycles. The highest BCUT2D eigenvalue weighted by molar-refractivity contribution is 5.36. The predicted octanol–water partition coefficient (Wildman–Crippen LogP) is 3.78. The zero-order chi connectivity index (χ0) is 13.0. The number of hydrogen-bond donors (Lipinski definition) is 0. The van der Waals surface area contributed by atoms with Gasteiger partial charge in [-0.05, 0) is 24.3 Å². The quantitative estimate of drug-likeness (QED) is 0.600. The molecule has 2 rings (SSSR count). The maximum atomic E-state index is 10.6. The molecule has 1 aliphatic carbocycles. The minimum absolute atomic E-state index is 0.0825. The second kappa shape index (κ2) is 5.63. The zero-order valence-electron chi connectivity index (χ0n) is 10.2. The molecule has 1 atom stereocenters. The van der Waals surface area contributed by atoms with Gasteiger partial charge in [-0.1, -0.05) is 31.4 Å². The van der Waals surface area contributed by atoms with Crippen molar-refractivity contribution < 1.29 is 4.92 Å². The van der Waals surface area contributed by atoms with E-state index in [4.69, 9.17) is 0 Å². The first kappa shape index (κ1) is 12.6. The van der Waals surface area contributed by atoms with Crippen molar-refractivity contribution in [2.24, 2.45) is 5.92 Å². The van der Waals surface area contributed by atoms with Crippen LogP contribution in [0, 0.1) is 27.4 Å². The molecule has 1 aliphatic rings. The Balaban J connectivity index is 2.17. The molecule has 4 nitrogen and oxygen atoms in total. The Hall–Kier alpha value is -1.89. The Morgan fingerprint density at radius 2 is 1.83 bits per heavy atom. The maximum Gasteiger partial charge on any atom is 0.269 e. The van der Waals surface area contributed by atoms with Crippen LogP contribution >= 0.6 is 0 Å². The lowest BCUT2D eigenvalue weighted by Crippen LogP contribution is -2.15. The molecule has 0 radical (unpaired) electrons. The summed E-state index contributed by atoms with van der Waals surface area (Å²) < 4.78 is 0. The van der Waals surface area contributed by atoms with E-state index in [1.54, 1.807) is 12.1 Å². The van der Waals surface area contributed by atoms with Gasteiger partial charge < -0.3 is 0 Å². The van der Waals surface area contributed by atoms with Gasteiger partial charge in [0.1, 0.15) is 0 Å². The number of nitro benzene ring substituents is 1. The average Bonchev–Trinajstić information content (AvgIpc) is 2.41. The molecule has 0 saturated heterocycles. The van der Waals surface area contributed by atoms with Crippen molar-refractivity contribution in [3.05, 3.63) is 39.9 Å². The van der Waals surface area contributed by atoms with E-state index in [-0.39, 0.29) is 11.6 Å². The van der Waals surface area contributed by atoms with Crippen molar-refractivity contribution in [2.45, 2.75) is 38.0 Å². The second-order valence-electron chi connectivity index (χ2n) is 4.85. The number of nitrogens with zero attached hydrogens (tertiary/aromatic N) is 2. The fraction of sp³-hybridized carbons (Fsp3) is 0.500. The second-order valence-corrected chi connectivity index (χ2v) is 4.85.